The highest BCUT2D eigenvalue weighted by atomic mass is 79.9. The van der Waals surface area contributed by atoms with Gasteiger partial charge in [-0.2, -0.15) is 0 Å². The average Bonchev–Trinajstić information content (AvgIpc) is 2.84. The molecule has 6 nitrogen and oxygen atoms in total. The topological polar surface area (TPSA) is 84.5 Å². The van der Waals surface area contributed by atoms with Gasteiger partial charge in [0.1, 0.15) is 0 Å². The van der Waals surface area contributed by atoms with Crippen molar-refractivity contribution in [2.24, 2.45) is 0 Å². The van der Waals surface area contributed by atoms with Crippen LogP contribution in [-0.2, 0) is 19.1 Å². The molecular formula is C25H21BrCl2N2O4S. The van der Waals surface area contributed by atoms with Gasteiger partial charge in [0.25, 0.3) is 5.91 Å². The van der Waals surface area contributed by atoms with E-state index in [-0.39, 0.29) is 18.7 Å². The van der Waals surface area contributed by atoms with Crippen LogP contribution in [0.1, 0.15) is 18.4 Å². The third-order valence-corrected chi connectivity index (χ3v) is 7.37. The van der Waals surface area contributed by atoms with E-state index in [1.54, 1.807) is 43.0 Å². The van der Waals surface area contributed by atoms with Crippen LogP contribution in [-0.4, -0.2) is 24.4 Å². The van der Waals surface area contributed by atoms with Gasteiger partial charge in [0.15, 0.2) is 6.61 Å². The van der Waals surface area contributed by atoms with E-state index in [0.717, 1.165) is 9.79 Å². The molecule has 0 aromatic heterocycles. The molecule has 3 rings (SSSR count). The lowest BCUT2D eigenvalue weighted by molar-refractivity contribution is -0.147. The predicted molar refractivity (Wildman–Crippen MR) is 143 cm³/mol. The Morgan fingerprint density at radius 1 is 0.857 bits per heavy atom. The molecule has 0 spiro atoms. The van der Waals surface area contributed by atoms with Gasteiger partial charge in [-0.3, -0.25) is 14.4 Å². The van der Waals surface area contributed by atoms with Crippen LogP contribution >= 0.6 is 50.9 Å². The van der Waals surface area contributed by atoms with E-state index >= 15 is 0 Å². The largest absolute Gasteiger partial charge is 0.456 e. The van der Waals surface area contributed by atoms with Crippen molar-refractivity contribution in [3.05, 3.63) is 80.7 Å². The van der Waals surface area contributed by atoms with Gasteiger partial charge in [0.05, 0.1) is 11.4 Å². The molecule has 0 saturated heterocycles. The van der Waals surface area contributed by atoms with Crippen molar-refractivity contribution in [1.82, 2.24) is 0 Å². The van der Waals surface area contributed by atoms with Crippen molar-refractivity contribution in [1.29, 1.82) is 0 Å². The quantitative estimate of drug-likeness (QED) is 0.257. The highest BCUT2D eigenvalue weighted by Gasteiger charge is 2.13. The number of hydrogen-bond donors (Lipinski definition) is 2. The summed E-state index contributed by atoms with van der Waals surface area (Å²) in [6.07, 6.45) is -0.212. The van der Waals surface area contributed by atoms with Crippen LogP contribution in [0.2, 0.25) is 10.0 Å². The molecule has 35 heavy (non-hydrogen) atoms. The van der Waals surface area contributed by atoms with Crippen LogP contribution in [0.5, 0.6) is 0 Å². The lowest BCUT2D eigenvalue weighted by Crippen LogP contribution is -2.22. The first-order valence-electron chi connectivity index (χ1n) is 10.4. The molecule has 0 aliphatic rings. The highest BCUT2D eigenvalue weighted by Crippen LogP contribution is 2.31. The number of esters is 1. The van der Waals surface area contributed by atoms with Crippen LogP contribution in [0.3, 0.4) is 0 Å². The zero-order chi connectivity index (χ0) is 25.4. The number of nitrogens with one attached hydrogen (secondary N) is 2. The maximum absolute atomic E-state index is 12.2. The van der Waals surface area contributed by atoms with Crippen molar-refractivity contribution in [3.8, 4) is 0 Å². The number of ether oxygens (including phenoxy) is 1. The Kier molecular flexibility index (Phi) is 10.0. The van der Waals surface area contributed by atoms with Gasteiger partial charge >= 0.3 is 5.97 Å². The summed E-state index contributed by atoms with van der Waals surface area (Å²) in [6.45, 7) is 1.31. The number of hydrogen-bond acceptors (Lipinski definition) is 5. The van der Waals surface area contributed by atoms with Crippen LogP contribution in [0.25, 0.3) is 0 Å². The first kappa shape index (κ1) is 27.1. The second-order valence-corrected chi connectivity index (χ2v) is 10.2. The fraction of sp³-hybridized carbons (Fsp3) is 0.160. The Morgan fingerprint density at radius 2 is 1.49 bits per heavy atom. The molecule has 0 aliphatic heterocycles. The first-order valence-corrected chi connectivity index (χ1v) is 12.8. The Bertz CT molecular complexity index is 1220. The molecule has 0 atom stereocenters. The second-order valence-electron chi connectivity index (χ2n) is 7.37. The SMILES string of the molecule is Cc1c(NC(=O)COC(=O)CCC(=O)Nc2ccc(Sc3ccc(Cl)cc3)cc2)ccc(Br)c1Cl. The Balaban J connectivity index is 1.38. The van der Waals surface area contributed by atoms with E-state index in [9.17, 15) is 14.4 Å². The van der Waals surface area contributed by atoms with E-state index < -0.39 is 18.5 Å². The third kappa shape index (κ3) is 8.58. The number of carbonyl (C=O) groups excluding carboxylic acids is 3. The fourth-order valence-corrected chi connectivity index (χ4v) is 4.41. The number of halogens is 3. The average molecular weight is 596 g/mol. The number of benzene rings is 3. The van der Waals surface area contributed by atoms with Gasteiger partial charge in [0.2, 0.25) is 5.91 Å². The van der Waals surface area contributed by atoms with E-state index in [4.69, 9.17) is 27.9 Å². The minimum absolute atomic E-state index is 0.0663. The van der Waals surface area contributed by atoms with Crippen molar-refractivity contribution in [2.45, 2.75) is 29.6 Å². The minimum atomic E-state index is -0.643. The molecule has 3 aromatic rings. The van der Waals surface area contributed by atoms with Crippen LogP contribution < -0.4 is 10.6 Å². The standard InChI is InChI=1S/C25H21BrCl2N2O4S/c1-15-21(11-10-20(26)25(15)28)30-23(32)14-34-24(33)13-12-22(31)29-17-4-8-19(9-5-17)35-18-6-2-16(27)3-7-18/h2-11H,12-14H2,1H3,(H,29,31)(H,30,32). The highest BCUT2D eigenvalue weighted by molar-refractivity contribution is 9.10. The molecule has 2 N–H and O–H groups in total. The molecule has 0 fully saturated rings. The summed E-state index contributed by atoms with van der Waals surface area (Å²) >= 11 is 16.9. The van der Waals surface area contributed by atoms with Crippen LogP contribution in [0, 0.1) is 6.92 Å². The molecule has 0 aliphatic carbocycles. The van der Waals surface area contributed by atoms with Gasteiger partial charge in [0, 0.05) is 37.1 Å². The maximum atomic E-state index is 12.2. The van der Waals surface area contributed by atoms with Crippen molar-refractivity contribution < 1.29 is 19.1 Å². The number of carbonyl (C=O) groups is 3. The lowest BCUT2D eigenvalue weighted by Gasteiger charge is -2.11. The van der Waals surface area contributed by atoms with Gasteiger partial charge in [-0.25, -0.2) is 0 Å². The third-order valence-electron chi connectivity index (χ3n) is 4.72. The number of anilines is 2. The zero-order valence-corrected chi connectivity index (χ0v) is 22.5. The maximum Gasteiger partial charge on any atom is 0.306 e. The van der Waals surface area contributed by atoms with Crippen molar-refractivity contribution >= 4 is 80.1 Å². The molecule has 0 radical (unpaired) electrons. The minimum Gasteiger partial charge on any atom is -0.456 e. The Labute approximate surface area is 225 Å². The van der Waals surface area contributed by atoms with Crippen LogP contribution in [0.15, 0.2) is 74.9 Å². The molecule has 3 aromatic carbocycles. The summed E-state index contributed by atoms with van der Waals surface area (Å²) in [5, 5.41) is 6.55. The summed E-state index contributed by atoms with van der Waals surface area (Å²) in [5.74, 6) is -1.47. The van der Waals surface area contributed by atoms with Gasteiger partial charge in [-0.15, -0.1) is 0 Å². The summed E-state index contributed by atoms with van der Waals surface area (Å²) in [4.78, 5) is 38.2. The molecule has 182 valence electrons. The van der Waals surface area contributed by atoms with Gasteiger partial charge < -0.3 is 15.4 Å². The van der Waals surface area contributed by atoms with Gasteiger partial charge in [-0.05, 0) is 89.1 Å². The second kappa shape index (κ2) is 13.0. The summed E-state index contributed by atoms with van der Waals surface area (Å²) in [5.41, 5.74) is 1.83. The molecule has 0 saturated carbocycles. The smallest absolute Gasteiger partial charge is 0.306 e. The molecule has 2 amide bonds. The summed E-state index contributed by atoms with van der Waals surface area (Å²) in [7, 11) is 0. The summed E-state index contributed by atoms with van der Waals surface area (Å²) in [6, 6.07) is 18.3. The first-order chi connectivity index (χ1) is 16.7. The Hall–Kier alpha value is -2.52. The number of amides is 2. The number of rotatable bonds is 9. The molecule has 10 heteroatoms. The van der Waals surface area contributed by atoms with Crippen molar-refractivity contribution in [3.63, 3.8) is 0 Å². The van der Waals surface area contributed by atoms with Crippen LogP contribution in [0.4, 0.5) is 11.4 Å². The Morgan fingerprint density at radius 3 is 2.14 bits per heavy atom. The van der Waals surface area contributed by atoms with Crippen molar-refractivity contribution in [2.75, 3.05) is 17.2 Å². The fourth-order valence-electron chi connectivity index (χ4n) is 2.88. The predicted octanol–water partition coefficient (Wildman–Crippen LogP) is 7.12. The molecular weight excluding hydrogens is 575 g/mol. The zero-order valence-electron chi connectivity index (χ0n) is 18.6. The summed E-state index contributed by atoms with van der Waals surface area (Å²) < 4.78 is 5.68. The monoisotopic (exact) mass is 594 g/mol. The molecule has 0 bridgehead atoms. The normalized spacial score (nSPS) is 10.5. The molecule has 0 unspecified atom stereocenters. The lowest BCUT2D eigenvalue weighted by atomic mass is 10.2. The molecule has 0 heterocycles. The van der Waals surface area contributed by atoms with E-state index in [2.05, 4.69) is 26.6 Å². The van der Waals surface area contributed by atoms with E-state index in [1.807, 2.05) is 36.4 Å². The van der Waals surface area contributed by atoms with E-state index in [1.165, 1.54) is 0 Å². The van der Waals surface area contributed by atoms with Gasteiger partial charge in [-0.1, -0.05) is 35.0 Å². The van der Waals surface area contributed by atoms with E-state index in [0.29, 0.717) is 31.5 Å².